The molecule has 0 saturated heterocycles. The average molecular weight is 232 g/mol. The Morgan fingerprint density at radius 3 is 2.29 bits per heavy atom. The van der Waals surface area contributed by atoms with Crippen LogP contribution in [0.1, 0.15) is 45.2 Å². The van der Waals surface area contributed by atoms with Gasteiger partial charge in [0.05, 0.1) is 0 Å². The van der Waals surface area contributed by atoms with Gasteiger partial charge in [0.2, 0.25) is 0 Å². The second kappa shape index (κ2) is 8.63. The molecule has 94 valence electrons. The molecule has 1 heteroatoms. The molecule has 0 radical (unpaired) electrons. The predicted molar refractivity (Wildman–Crippen MR) is 77.3 cm³/mol. The molecule has 0 saturated carbocycles. The quantitative estimate of drug-likeness (QED) is 0.585. The second-order valence-electron chi connectivity index (χ2n) is 3.65. The van der Waals surface area contributed by atoms with Gasteiger partial charge in [0.1, 0.15) is 11.5 Å². The molecule has 0 amide bonds. The fourth-order valence-electron chi connectivity index (χ4n) is 1.23. The van der Waals surface area contributed by atoms with Gasteiger partial charge in [-0.25, -0.2) is 0 Å². The van der Waals surface area contributed by atoms with E-state index in [9.17, 15) is 0 Å². The Kier molecular flexibility index (Phi) is 7.87. The van der Waals surface area contributed by atoms with Gasteiger partial charge in [-0.3, -0.25) is 0 Å². The van der Waals surface area contributed by atoms with E-state index in [0.717, 1.165) is 11.3 Å². The molecule has 0 unspecified atom stereocenters. The van der Waals surface area contributed by atoms with Crippen LogP contribution in [0.25, 0.3) is 6.08 Å². The molecule has 0 aliphatic carbocycles. The Morgan fingerprint density at radius 1 is 1.12 bits per heavy atom. The number of aryl methyl sites for hydroxylation is 1. The lowest BCUT2D eigenvalue weighted by atomic mass is 10.1. The van der Waals surface area contributed by atoms with Gasteiger partial charge in [0, 0.05) is 5.56 Å². The third-order valence-electron chi connectivity index (χ3n) is 1.86. The molecule has 0 fully saturated rings. The van der Waals surface area contributed by atoms with E-state index in [4.69, 9.17) is 4.74 Å². The lowest BCUT2D eigenvalue weighted by Crippen LogP contribution is -1.97. The van der Waals surface area contributed by atoms with Gasteiger partial charge in [-0.15, -0.1) is 0 Å². The van der Waals surface area contributed by atoms with Crippen molar-refractivity contribution < 1.29 is 4.74 Å². The van der Waals surface area contributed by atoms with Gasteiger partial charge in [0.25, 0.3) is 0 Å². The Morgan fingerprint density at radius 2 is 1.71 bits per heavy atom. The van der Waals surface area contributed by atoms with Gasteiger partial charge in [-0.2, -0.15) is 0 Å². The first-order chi connectivity index (χ1) is 8.17. The molecule has 0 spiro atoms. The SMILES string of the molecule is C=C1C=Cc2ccc(C)cc2O1.CC.CCC. The highest BCUT2D eigenvalue weighted by Gasteiger charge is 2.06. The van der Waals surface area contributed by atoms with E-state index in [0.29, 0.717) is 5.76 Å². The monoisotopic (exact) mass is 232 g/mol. The Hall–Kier alpha value is -1.50. The van der Waals surface area contributed by atoms with E-state index in [1.54, 1.807) is 0 Å². The zero-order chi connectivity index (χ0) is 13.3. The van der Waals surface area contributed by atoms with E-state index in [2.05, 4.69) is 26.5 Å². The van der Waals surface area contributed by atoms with Crippen molar-refractivity contribution in [3.8, 4) is 5.75 Å². The summed E-state index contributed by atoms with van der Waals surface area (Å²) in [6.07, 6.45) is 5.14. The summed E-state index contributed by atoms with van der Waals surface area (Å²) in [6, 6.07) is 6.14. The van der Waals surface area contributed by atoms with Crippen LogP contribution in [0.5, 0.6) is 5.75 Å². The van der Waals surface area contributed by atoms with Crippen molar-refractivity contribution in [3.63, 3.8) is 0 Å². The van der Waals surface area contributed by atoms with Crippen LogP contribution in [0.15, 0.2) is 36.6 Å². The van der Waals surface area contributed by atoms with Crippen LogP contribution < -0.4 is 4.74 Å². The van der Waals surface area contributed by atoms with E-state index < -0.39 is 0 Å². The first kappa shape index (κ1) is 15.5. The zero-order valence-electron chi connectivity index (χ0n) is 11.7. The fourth-order valence-corrected chi connectivity index (χ4v) is 1.23. The van der Waals surface area contributed by atoms with Crippen molar-refractivity contribution in [1.82, 2.24) is 0 Å². The Labute approximate surface area is 106 Å². The fraction of sp³-hybridized carbons (Fsp3) is 0.375. The summed E-state index contributed by atoms with van der Waals surface area (Å²) in [5.41, 5.74) is 2.32. The van der Waals surface area contributed by atoms with Crippen LogP contribution in [-0.4, -0.2) is 0 Å². The van der Waals surface area contributed by atoms with Crippen molar-refractivity contribution in [2.45, 2.75) is 41.0 Å². The maximum atomic E-state index is 5.43. The minimum atomic E-state index is 0.702. The molecular weight excluding hydrogens is 208 g/mol. The summed E-state index contributed by atoms with van der Waals surface area (Å²) in [4.78, 5) is 0. The highest BCUT2D eigenvalue weighted by atomic mass is 16.5. The van der Waals surface area contributed by atoms with Crippen molar-refractivity contribution in [1.29, 1.82) is 0 Å². The smallest absolute Gasteiger partial charge is 0.134 e. The normalized spacial score (nSPS) is 11.2. The summed E-state index contributed by atoms with van der Waals surface area (Å²) in [5.74, 6) is 1.61. The van der Waals surface area contributed by atoms with Crippen LogP contribution in [0.4, 0.5) is 0 Å². The van der Waals surface area contributed by atoms with Gasteiger partial charge < -0.3 is 4.74 Å². The molecule has 1 aliphatic heterocycles. The summed E-state index contributed by atoms with van der Waals surface area (Å²) >= 11 is 0. The summed E-state index contributed by atoms with van der Waals surface area (Å²) in [7, 11) is 0. The number of hydrogen-bond acceptors (Lipinski definition) is 1. The van der Waals surface area contributed by atoms with Crippen LogP contribution >= 0.6 is 0 Å². The van der Waals surface area contributed by atoms with Gasteiger partial charge >= 0.3 is 0 Å². The van der Waals surface area contributed by atoms with Crippen molar-refractivity contribution in [3.05, 3.63) is 47.7 Å². The Balaban J connectivity index is 0.000000450. The van der Waals surface area contributed by atoms with Gasteiger partial charge in [-0.05, 0) is 30.7 Å². The number of allylic oxidation sites excluding steroid dienone is 1. The van der Waals surface area contributed by atoms with E-state index >= 15 is 0 Å². The third kappa shape index (κ3) is 5.39. The standard InChI is InChI=1S/C11H10O.C3H8.C2H6/c1-8-3-5-10-6-4-9(2)12-11(10)7-8;1-3-2;1-2/h3-7H,2H2,1H3;3H2,1-2H3;1-2H3. The third-order valence-corrected chi connectivity index (χ3v) is 1.86. The van der Waals surface area contributed by atoms with Crippen molar-refractivity contribution in [2.24, 2.45) is 0 Å². The number of benzene rings is 1. The molecular formula is C16H24O. The topological polar surface area (TPSA) is 9.23 Å². The van der Waals surface area contributed by atoms with Gasteiger partial charge in [0.15, 0.2) is 0 Å². The van der Waals surface area contributed by atoms with E-state index in [1.807, 2.05) is 45.1 Å². The summed E-state index contributed by atoms with van der Waals surface area (Å²) < 4.78 is 5.43. The summed E-state index contributed by atoms with van der Waals surface area (Å²) in [6.45, 7) is 14.0. The van der Waals surface area contributed by atoms with E-state index in [1.165, 1.54) is 12.0 Å². The molecule has 0 atom stereocenters. The van der Waals surface area contributed by atoms with Crippen LogP contribution in [0, 0.1) is 6.92 Å². The van der Waals surface area contributed by atoms with Gasteiger partial charge in [-0.1, -0.05) is 52.8 Å². The number of ether oxygens (including phenoxy) is 1. The molecule has 1 heterocycles. The highest BCUT2D eigenvalue weighted by Crippen LogP contribution is 2.27. The van der Waals surface area contributed by atoms with Crippen molar-refractivity contribution in [2.75, 3.05) is 0 Å². The first-order valence-corrected chi connectivity index (χ1v) is 6.32. The maximum absolute atomic E-state index is 5.43. The number of fused-ring (bicyclic) bond motifs is 1. The molecule has 1 nitrogen and oxygen atoms in total. The Bertz CT molecular complexity index is 375. The zero-order valence-corrected chi connectivity index (χ0v) is 11.7. The maximum Gasteiger partial charge on any atom is 0.134 e. The molecule has 1 aliphatic rings. The van der Waals surface area contributed by atoms with Crippen molar-refractivity contribution >= 4 is 6.08 Å². The number of rotatable bonds is 0. The largest absolute Gasteiger partial charge is 0.457 e. The van der Waals surface area contributed by atoms with Crippen LogP contribution in [0.2, 0.25) is 0 Å². The summed E-state index contributed by atoms with van der Waals surface area (Å²) in [5, 5.41) is 0. The second-order valence-corrected chi connectivity index (χ2v) is 3.65. The van der Waals surface area contributed by atoms with Crippen LogP contribution in [0.3, 0.4) is 0 Å². The molecule has 1 aromatic carbocycles. The molecule has 0 N–H and O–H groups in total. The number of hydrogen-bond donors (Lipinski definition) is 0. The average Bonchev–Trinajstić information content (AvgIpc) is 2.32. The molecule has 17 heavy (non-hydrogen) atoms. The van der Waals surface area contributed by atoms with E-state index in [-0.39, 0.29) is 0 Å². The first-order valence-electron chi connectivity index (χ1n) is 6.32. The lowest BCUT2D eigenvalue weighted by Gasteiger charge is -2.13. The highest BCUT2D eigenvalue weighted by molar-refractivity contribution is 5.63. The molecule has 0 aromatic heterocycles. The van der Waals surface area contributed by atoms with Crippen LogP contribution in [-0.2, 0) is 0 Å². The lowest BCUT2D eigenvalue weighted by molar-refractivity contribution is 0.442. The molecule has 2 rings (SSSR count). The molecule has 0 bridgehead atoms. The molecule has 1 aromatic rings. The minimum Gasteiger partial charge on any atom is -0.457 e. The predicted octanol–water partition coefficient (Wildman–Crippen LogP) is 5.36. The minimum absolute atomic E-state index is 0.702.